The molecule has 0 aromatic heterocycles. The molecule has 0 saturated heterocycles. The van der Waals surface area contributed by atoms with Crippen molar-refractivity contribution in [3.05, 3.63) is 34.9 Å². The van der Waals surface area contributed by atoms with Gasteiger partial charge in [0.2, 0.25) is 0 Å². The number of alkyl halides is 1. The van der Waals surface area contributed by atoms with E-state index in [0.717, 1.165) is 24.8 Å². The summed E-state index contributed by atoms with van der Waals surface area (Å²) >= 11 is 6.16. The highest BCUT2D eigenvalue weighted by Gasteiger charge is 2.51. The molecule has 0 N–H and O–H groups in total. The van der Waals surface area contributed by atoms with Gasteiger partial charge in [0.25, 0.3) is 0 Å². The summed E-state index contributed by atoms with van der Waals surface area (Å²) < 4.78 is 14.3. The van der Waals surface area contributed by atoms with Crippen molar-refractivity contribution in [2.45, 2.75) is 44.2 Å². The predicted octanol–water partition coefficient (Wildman–Crippen LogP) is 4.51. The molecule has 0 nitrogen and oxygen atoms in total. The number of hydrogen-bond donors (Lipinski definition) is 0. The highest BCUT2D eigenvalue weighted by Crippen LogP contribution is 2.54. The fourth-order valence-corrected chi connectivity index (χ4v) is 2.88. The van der Waals surface area contributed by atoms with Gasteiger partial charge in [-0.2, -0.15) is 0 Å². The fraction of sp³-hybridized carbons (Fsp3) is 0.538. The van der Waals surface area contributed by atoms with E-state index in [2.05, 4.69) is 0 Å². The Kier molecular flexibility index (Phi) is 2.54. The molecule has 0 atom stereocenters. The third kappa shape index (κ3) is 1.57. The molecule has 0 bridgehead atoms. The molecule has 0 spiro atoms. The average molecular weight is 227 g/mol. The van der Waals surface area contributed by atoms with Crippen LogP contribution in [0.15, 0.2) is 24.3 Å². The molecule has 1 saturated carbocycles. The van der Waals surface area contributed by atoms with Crippen molar-refractivity contribution in [2.24, 2.45) is 0 Å². The van der Waals surface area contributed by atoms with E-state index in [4.69, 9.17) is 11.6 Å². The predicted molar refractivity (Wildman–Crippen MR) is 62.2 cm³/mol. The van der Waals surface area contributed by atoms with Gasteiger partial charge in [0.1, 0.15) is 5.67 Å². The van der Waals surface area contributed by atoms with Crippen LogP contribution in [0.2, 0.25) is 5.02 Å². The van der Waals surface area contributed by atoms with Crippen LogP contribution in [-0.4, -0.2) is 5.67 Å². The SMILES string of the molecule is CC(C)(F)C1(c2ccccc2Cl)CCC1. The summed E-state index contributed by atoms with van der Waals surface area (Å²) in [5, 5.41) is 0.697. The largest absolute Gasteiger partial charge is 0.244 e. The molecule has 0 heterocycles. The second-order valence-electron chi connectivity index (χ2n) is 4.89. The van der Waals surface area contributed by atoms with Crippen molar-refractivity contribution in [3.63, 3.8) is 0 Å². The van der Waals surface area contributed by atoms with Gasteiger partial charge in [0.15, 0.2) is 0 Å². The fourth-order valence-electron chi connectivity index (χ4n) is 2.56. The molecule has 0 aliphatic heterocycles. The summed E-state index contributed by atoms with van der Waals surface area (Å²) in [6.07, 6.45) is 2.90. The molecule has 0 amide bonds. The Bertz CT molecular complexity index is 361. The van der Waals surface area contributed by atoms with Crippen LogP contribution in [0.25, 0.3) is 0 Å². The summed E-state index contributed by atoms with van der Waals surface area (Å²) in [5.41, 5.74) is -0.577. The first-order valence-electron chi connectivity index (χ1n) is 5.41. The van der Waals surface area contributed by atoms with Crippen LogP contribution in [0, 0.1) is 0 Å². The molecule has 1 fully saturated rings. The summed E-state index contributed by atoms with van der Waals surface area (Å²) in [4.78, 5) is 0. The Labute approximate surface area is 95.4 Å². The van der Waals surface area contributed by atoms with Crippen LogP contribution in [0.1, 0.15) is 38.7 Å². The monoisotopic (exact) mass is 226 g/mol. The highest BCUT2D eigenvalue weighted by molar-refractivity contribution is 6.31. The van der Waals surface area contributed by atoms with E-state index in [1.165, 1.54) is 0 Å². The Morgan fingerprint density at radius 2 is 1.87 bits per heavy atom. The number of benzene rings is 1. The third-order valence-electron chi connectivity index (χ3n) is 3.73. The second kappa shape index (κ2) is 3.48. The van der Waals surface area contributed by atoms with Crippen LogP contribution in [0.3, 0.4) is 0 Å². The maximum atomic E-state index is 14.3. The van der Waals surface area contributed by atoms with Gasteiger partial charge in [-0.3, -0.25) is 0 Å². The summed E-state index contributed by atoms with van der Waals surface area (Å²) in [6, 6.07) is 7.64. The zero-order chi connectivity index (χ0) is 11.1. The first-order chi connectivity index (χ1) is 6.97. The van der Waals surface area contributed by atoms with E-state index in [1.54, 1.807) is 13.8 Å². The molecule has 1 aliphatic rings. The van der Waals surface area contributed by atoms with Gasteiger partial charge < -0.3 is 0 Å². The topological polar surface area (TPSA) is 0 Å². The molecule has 1 aliphatic carbocycles. The van der Waals surface area contributed by atoms with E-state index >= 15 is 0 Å². The maximum Gasteiger partial charge on any atom is 0.115 e. The van der Waals surface area contributed by atoms with Gasteiger partial charge in [-0.05, 0) is 38.3 Å². The Morgan fingerprint density at radius 3 is 2.27 bits per heavy atom. The van der Waals surface area contributed by atoms with Crippen molar-refractivity contribution in [1.82, 2.24) is 0 Å². The molecule has 1 aromatic carbocycles. The van der Waals surface area contributed by atoms with E-state index < -0.39 is 5.67 Å². The first-order valence-corrected chi connectivity index (χ1v) is 5.79. The molecule has 15 heavy (non-hydrogen) atoms. The van der Waals surface area contributed by atoms with E-state index in [1.807, 2.05) is 24.3 Å². The zero-order valence-corrected chi connectivity index (χ0v) is 9.94. The van der Waals surface area contributed by atoms with Crippen LogP contribution >= 0.6 is 11.6 Å². The number of hydrogen-bond acceptors (Lipinski definition) is 0. The lowest BCUT2D eigenvalue weighted by Gasteiger charge is -2.49. The maximum absolute atomic E-state index is 14.3. The van der Waals surface area contributed by atoms with Gasteiger partial charge in [-0.15, -0.1) is 0 Å². The summed E-state index contributed by atoms with van der Waals surface area (Å²) in [7, 11) is 0. The lowest BCUT2D eigenvalue weighted by molar-refractivity contribution is 0.0269. The van der Waals surface area contributed by atoms with Gasteiger partial charge in [-0.25, -0.2) is 4.39 Å². The minimum absolute atomic E-state index is 0.356. The van der Waals surface area contributed by atoms with Gasteiger partial charge in [0.05, 0.1) is 0 Å². The highest BCUT2D eigenvalue weighted by atomic mass is 35.5. The molecule has 2 heteroatoms. The van der Waals surface area contributed by atoms with Crippen molar-refractivity contribution >= 4 is 11.6 Å². The minimum Gasteiger partial charge on any atom is -0.244 e. The standard InChI is InChI=1S/C13H16ClF/c1-12(2,15)13(8-5-9-13)10-6-3-4-7-11(10)14/h3-4,6-7H,5,8-9H2,1-2H3. The second-order valence-corrected chi connectivity index (χ2v) is 5.30. The molecular formula is C13H16ClF. The van der Waals surface area contributed by atoms with Crippen LogP contribution < -0.4 is 0 Å². The Morgan fingerprint density at radius 1 is 1.27 bits per heavy atom. The van der Waals surface area contributed by atoms with Gasteiger partial charge >= 0.3 is 0 Å². The molecular weight excluding hydrogens is 211 g/mol. The van der Waals surface area contributed by atoms with Crippen LogP contribution in [-0.2, 0) is 5.41 Å². The van der Waals surface area contributed by atoms with E-state index in [9.17, 15) is 4.39 Å². The zero-order valence-electron chi connectivity index (χ0n) is 9.19. The minimum atomic E-state index is -1.20. The number of halogens is 2. The van der Waals surface area contributed by atoms with Gasteiger partial charge in [-0.1, -0.05) is 36.2 Å². The van der Waals surface area contributed by atoms with Crippen molar-refractivity contribution < 1.29 is 4.39 Å². The van der Waals surface area contributed by atoms with Gasteiger partial charge in [0, 0.05) is 10.4 Å². The summed E-state index contributed by atoms with van der Waals surface area (Å²) in [5.74, 6) is 0. The molecule has 82 valence electrons. The normalized spacial score (nSPS) is 19.7. The van der Waals surface area contributed by atoms with E-state index in [-0.39, 0.29) is 5.41 Å². The molecule has 0 radical (unpaired) electrons. The number of rotatable bonds is 2. The molecule has 0 unspecified atom stereocenters. The third-order valence-corrected chi connectivity index (χ3v) is 4.06. The average Bonchev–Trinajstić information content (AvgIpc) is 2.03. The first kappa shape index (κ1) is 10.9. The molecule has 2 rings (SSSR count). The van der Waals surface area contributed by atoms with Crippen molar-refractivity contribution in [2.75, 3.05) is 0 Å². The van der Waals surface area contributed by atoms with Crippen molar-refractivity contribution in [3.8, 4) is 0 Å². The Hall–Kier alpha value is -0.560. The Balaban J connectivity index is 2.48. The molecule has 1 aromatic rings. The lowest BCUT2D eigenvalue weighted by atomic mass is 9.57. The summed E-state index contributed by atoms with van der Waals surface area (Å²) in [6.45, 7) is 3.32. The van der Waals surface area contributed by atoms with Crippen molar-refractivity contribution in [1.29, 1.82) is 0 Å². The lowest BCUT2D eigenvalue weighted by Crippen LogP contribution is -2.49. The quantitative estimate of drug-likeness (QED) is 0.696. The van der Waals surface area contributed by atoms with Crippen LogP contribution in [0.5, 0.6) is 0 Å². The van der Waals surface area contributed by atoms with Crippen LogP contribution in [0.4, 0.5) is 4.39 Å². The smallest absolute Gasteiger partial charge is 0.115 e. The van der Waals surface area contributed by atoms with E-state index in [0.29, 0.717) is 5.02 Å².